The van der Waals surface area contributed by atoms with Crippen LogP contribution in [-0.4, -0.2) is 10.7 Å². The molecule has 0 heterocycles. The highest BCUT2D eigenvalue weighted by atomic mass is 16.3. The van der Waals surface area contributed by atoms with E-state index in [1.54, 1.807) is 0 Å². The van der Waals surface area contributed by atoms with Crippen LogP contribution in [0, 0.1) is 12.3 Å². The fourth-order valence-electron chi connectivity index (χ4n) is 0.961. The number of rotatable bonds is 5. The molecule has 0 rings (SSSR count). The summed E-state index contributed by atoms with van der Waals surface area (Å²) in [5.41, 5.74) is -0.504. The van der Waals surface area contributed by atoms with Crippen molar-refractivity contribution in [3.8, 4) is 12.3 Å². The first-order chi connectivity index (χ1) is 5.06. The van der Waals surface area contributed by atoms with Crippen LogP contribution in [0.25, 0.3) is 0 Å². The highest BCUT2D eigenvalue weighted by Crippen LogP contribution is 2.13. The average Bonchev–Trinajstić information content (AvgIpc) is 1.85. The number of hydrogen-bond donors (Lipinski definition) is 1. The molecule has 11 heavy (non-hydrogen) atoms. The van der Waals surface area contributed by atoms with Crippen LogP contribution in [0.4, 0.5) is 0 Å². The second-order valence-electron chi connectivity index (χ2n) is 3.58. The maximum Gasteiger partial charge on any atom is 0.0591 e. The van der Waals surface area contributed by atoms with E-state index in [2.05, 4.69) is 5.92 Å². The van der Waals surface area contributed by atoms with Gasteiger partial charge in [-0.05, 0) is 26.7 Å². The third-order valence-corrected chi connectivity index (χ3v) is 1.61. The summed E-state index contributed by atoms with van der Waals surface area (Å²) in [6, 6.07) is 0. The Morgan fingerprint density at radius 1 is 1.27 bits per heavy atom. The lowest BCUT2D eigenvalue weighted by Gasteiger charge is -2.15. The van der Waals surface area contributed by atoms with E-state index >= 15 is 0 Å². The van der Waals surface area contributed by atoms with Gasteiger partial charge in [-0.15, -0.1) is 12.3 Å². The Kier molecular flexibility index (Phi) is 4.98. The van der Waals surface area contributed by atoms with Gasteiger partial charge in [0.15, 0.2) is 0 Å². The van der Waals surface area contributed by atoms with Gasteiger partial charge in [-0.1, -0.05) is 12.8 Å². The molecule has 0 amide bonds. The molecule has 1 N–H and O–H groups in total. The van der Waals surface area contributed by atoms with Gasteiger partial charge in [0, 0.05) is 6.42 Å². The molecule has 0 fully saturated rings. The molecule has 0 saturated heterocycles. The van der Waals surface area contributed by atoms with Gasteiger partial charge < -0.3 is 5.11 Å². The maximum atomic E-state index is 9.33. The summed E-state index contributed by atoms with van der Waals surface area (Å²) in [6.07, 6.45) is 10.1. The van der Waals surface area contributed by atoms with Crippen molar-refractivity contribution in [2.45, 2.75) is 51.6 Å². The van der Waals surface area contributed by atoms with Crippen LogP contribution in [-0.2, 0) is 0 Å². The minimum atomic E-state index is -0.504. The molecule has 0 aliphatic rings. The summed E-state index contributed by atoms with van der Waals surface area (Å²) < 4.78 is 0. The molecule has 0 aromatic heterocycles. The van der Waals surface area contributed by atoms with Crippen LogP contribution in [0.2, 0.25) is 0 Å². The normalized spacial score (nSPS) is 11.1. The third kappa shape index (κ3) is 9.52. The minimum Gasteiger partial charge on any atom is -0.390 e. The third-order valence-electron chi connectivity index (χ3n) is 1.61. The van der Waals surface area contributed by atoms with Gasteiger partial charge in [0.05, 0.1) is 5.60 Å². The molecular formula is C10H18O. The van der Waals surface area contributed by atoms with Crippen molar-refractivity contribution in [1.29, 1.82) is 0 Å². The Morgan fingerprint density at radius 2 is 1.91 bits per heavy atom. The fourth-order valence-corrected chi connectivity index (χ4v) is 0.961. The Morgan fingerprint density at radius 3 is 2.36 bits per heavy atom. The van der Waals surface area contributed by atoms with Crippen LogP contribution in [0.1, 0.15) is 46.0 Å². The SMILES string of the molecule is C#CCCCCCC(C)(C)O. The first-order valence-corrected chi connectivity index (χ1v) is 4.22. The van der Waals surface area contributed by atoms with Crippen molar-refractivity contribution < 1.29 is 5.11 Å². The number of unbranched alkanes of at least 4 members (excludes halogenated alkanes) is 3. The predicted molar refractivity (Wildman–Crippen MR) is 48.2 cm³/mol. The molecule has 0 aliphatic carbocycles. The second-order valence-corrected chi connectivity index (χ2v) is 3.58. The van der Waals surface area contributed by atoms with Gasteiger partial charge in [0.25, 0.3) is 0 Å². The molecule has 1 nitrogen and oxygen atoms in total. The summed E-state index contributed by atoms with van der Waals surface area (Å²) in [7, 11) is 0. The summed E-state index contributed by atoms with van der Waals surface area (Å²) >= 11 is 0. The van der Waals surface area contributed by atoms with Crippen molar-refractivity contribution in [2.75, 3.05) is 0 Å². The number of terminal acetylenes is 1. The molecule has 0 spiro atoms. The molecule has 0 radical (unpaired) electrons. The molecule has 0 saturated carbocycles. The Bertz CT molecular complexity index is 125. The first-order valence-electron chi connectivity index (χ1n) is 4.22. The van der Waals surface area contributed by atoms with E-state index in [9.17, 15) is 5.11 Å². The lowest BCUT2D eigenvalue weighted by Crippen LogP contribution is -2.17. The summed E-state index contributed by atoms with van der Waals surface area (Å²) in [6.45, 7) is 3.68. The monoisotopic (exact) mass is 154 g/mol. The van der Waals surface area contributed by atoms with E-state index in [0.29, 0.717) is 0 Å². The van der Waals surface area contributed by atoms with Gasteiger partial charge in [-0.3, -0.25) is 0 Å². The van der Waals surface area contributed by atoms with Gasteiger partial charge >= 0.3 is 0 Å². The molecule has 0 aliphatic heterocycles. The topological polar surface area (TPSA) is 20.2 Å². The summed E-state index contributed by atoms with van der Waals surface area (Å²) in [5.74, 6) is 2.60. The van der Waals surface area contributed by atoms with Crippen LogP contribution < -0.4 is 0 Å². The van der Waals surface area contributed by atoms with Crippen LogP contribution in [0.5, 0.6) is 0 Å². The summed E-state index contributed by atoms with van der Waals surface area (Å²) in [4.78, 5) is 0. The lowest BCUT2D eigenvalue weighted by molar-refractivity contribution is 0.0681. The van der Waals surface area contributed by atoms with Crippen molar-refractivity contribution in [2.24, 2.45) is 0 Å². The quantitative estimate of drug-likeness (QED) is 0.476. The van der Waals surface area contributed by atoms with E-state index in [0.717, 1.165) is 32.1 Å². The predicted octanol–water partition coefficient (Wildman–Crippen LogP) is 2.34. The number of hydrogen-bond acceptors (Lipinski definition) is 1. The fraction of sp³-hybridized carbons (Fsp3) is 0.800. The van der Waals surface area contributed by atoms with E-state index in [4.69, 9.17) is 6.42 Å². The Labute approximate surface area is 69.8 Å². The largest absolute Gasteiger partial charge is 0.390 e. The van der Waals surface area contributed by atoms with Crippen molar-refractivity contribution in [1.82, 2.24) is 0 Å². The van der Waals surface area contributed by atoms with Crippen molar-refractivity contribution >= 4 is 0 Å². The van der Waals surface area contributed by atoms with Gasteiger partial charge in [0.2, 0.25) is 0 Å². The average molecular weight is 154 g/mol. The maximum absolute atomic E-state index is 9.33. The Hall–Kier alpha value is -0.480. The van der Waals surface area contributed by atoms with E-state index in [-0.39, 0.29) is 0 Å². The van der Waals surface area contributed by atoms with Crippen LogP contribution in [0.3, 0.4) is 0 Å². The van der Waals surface area contributed by atoms with Gasteiger partial charge in [0.1, 0.15) is 0 Å². The van der Waals surface area contributed by atoms with E-state index in [1.165, 1.54) is 0 Å². The standard InChI is InChI=1S/C10H18O/c1-4-5-6-7-8-9-10(2,3)11/h1,11H,5-9H2,2-3H3. The smallest absolute Gasteiger partial charge is 0.0591 e. The minimum absolute atomic E-state index is 0.504. The van der Waals surface area contributed by atoms with E-state index in [1.807, 2.05) is 13.8 Å². The molecule has 64 valence electrons. The molecule has 0 aromatic rings. The number of aliphatic hydroxyl groups is 1. The highest BCUT2D eigenvalue weighted by molar-refractivity contribution is 4.82. The Balaban J connectivity index is 3.10. The van der Waals surface area contributed by atoms with Crippen LogP contribution in [0.15, 0.2) is 0 Å². The lowest BCUT2D eigenvalue weighted by atomic mass is 10.0. The molecule has 0 bridgehead atoms. The van der Waals surface area contributed by atoms with E-state index < -0.39 is 5.60 Å². The molecular weight excluding hydrogens is 136 g/mol. The molecule has 0 atom stereocenters. The second kappa shape index (κ2) is 5.21. The zero-order chi connectivity index (χ0) is 8.74. The highest BCUT2D eigenvalue weighted by Gasteiger charge is 2.10. The van der Waals surface area contributed by atoms with Crippen LogP contribution >= 0.6 is 0 Å². The summed E-state index contributed by atoms with van der Waals surface area (Å²) in [5, 5.41) is 9.33. The molecule has 1 heteroatoms. The molecule has 0 aromatic carbocycles. The van der Waals surface area contributed by atoms with Gasteiger partial charge in [-0.25, -0.2) is 0 Å². The van der Waals surface area contributed by atoms with Gasteiger partial charge in [-0.2, -0.15) is 0 Å². The van der Waals surface area contributed by atoms with Crippen molar-refractivity contribution in [3.05, 3.63) is 0 Å². The zero-order valence-corrected chi connectivity index (χ0v) is 7.56. The zero-order valence-electron chi connectivity index (χ0n) is 7.56. The first kappa shape index (κ1) is 10.5. The molecule has 0 unspecified atom stereocenters. The van der Waals surface area contributed by atoms with Crippen molar-refractivity contribution in [3.63, 3.8) is 0 Å².